The van der Waals surface area contributed by atoms with Gasteiger partial charge in [0, 0.05) is 44.8 Å². The monoisotopic (exact) mass is 588 g/mol. The first-order valence-corrected chi connectivity index (χ1v) is 15.5. The van der Waals surface area contributed by atoms with Gasteiger partial charge in [-0.25, -0.2) is 24.6 Å². The molecule has 3 N–H and O–H groups in total. The van der Waals surface area contributed by atoms with Gasteiger partial charge in [-0.1, -0.05) is 18.2 Å². The summed E-state index contributed by atoms with van der Waals surface area (Å²) in [6, 6.07) is 17.9. The molecular weight excluding hydrogens is 552 g/mol. The van der Waals surface area contributed by atoms with Gasteiger partial charge in [0.25, 0.3) is 0 Å². The van der Waals surface area contributed by atoms with Crippen LogP contribution in [0.4, 0.5) is 17.5 Å². The van der Waals surface area contributed by atoms with Gasteiger partial charge in [0.1, 0.15) is 29.3 Å². The van der Waals surface area contributed by atoms with Crippen molar-refractivity contribution in [3.8, 4) is 22.8 Å². The minimum Gasteiger partial charge on any atom is -0.457 e. The lowest BCUT2D eigenvalue weighted by molar-refractivity contribution is 0.126. The molecule has 3 aliphatic rings. The van der Waals surface area contributed by atoms with E-state index in [1.165, 1.54) is 19.2 Å². The lowest BCUT2D eigenvalue weighted by Crippen LogP contribution is -2.58. The summed E-state index contributed by atoms with van der Waals surface area (Å²) in [6.07, 6.45) is 9.77. The Hall–Kier alpha value is -4.77. The van der Waals surface area contributed by atoms with Crippen molar-refractivity contribution in [2.24, 2.45) is 5.41 Å². The van der Waals surface area contributed by atoms with Crippen molar-refractivity contribution in [3.05, 3.63) is 73.3 Å². The molecule has 1 spiro atoms. The number of benzene rings is 2. The van der Waals surface area contributed by atoms with E-state index < -0.39 is 0 Å². The Morgan fingerprint density at radius 2 is 1.50 bits per heavy atom. The van der Waals surface area contributed by atoms with Gasteiger partial charge in [0.2, 0.25) is 5.95 Å². The van der Waals surface area contributed by atoms with E-state index in [9.17, 15) is 0 Å². The van der Waals surface area contributed by atoms with Crippen LogP contribution < -0.4 is 25.6 Å². The molecule has 224 valence electrons. The fourth-order valence-electron chi connectivity index (χ4n) is 6.78. The van der Waals surface area contributed by atoms with Crippen molar-refractivity contribution in [1.82, 2.24) is 35.0 Å². The molecule has 0 aliphatic carbocycles. The molecular formula is C33H36N10O. The van der Waals surface area contributed by atoms with Crippen molar-refractivity contribution in [3.63, 3.8) is 0 Å². The predicted octanol–water partition coefficient (Wildman–Crippen LogP) is 4.69. The van der Waals surface area contributed by atoms with E-state index in [4.69, 9.17) is 25.5 Å². The molecule has 8 rings (SSSR count). The van der Waals surface area contributed by atoms with Crippen molar-refractivity contribution in [1.29, 1.82) is 0 Å². The van der Waals surface area contributed by atoms with Crippen molar-refractivity contribution < 1.29 is 4.74 Å². The van der Waals surface area contributed by atoms with E-state index in [0.29, 0.717) is 11.2 Å². The van der Waals surface area contributed by atoms with E-state index in [2.05, 4.69) is 29.8 Å². The number of anilines is 3. The first kappa shape index (κ1) is 26.8. The molecule has 2 aromatic carbocycles. The van der Waals surface area contributed by atoms with E-state index in [1.54, 1.807) is 0 Å². The quantitative estimate of drug-likeness (QED) is 0.289. The fourth-order valence-corrected chi connectivity index (χ4v) is 6.78. The summed E-state index contributed by atoms with van der Waals surface area (Å²) in [5.41, 5.74) is 10.5. The number of nitrogens with two attached hydrogens (primary N) is 1. The molecule has 3 aromatic heterocycles. The molecule has 11 heteroatoms. The highest BCUT2D eigenvalue weighted by atomic mass is 16.5. The number of rotatable bonds is 6. The summed E-state index contributed by atoms with van der Waals surface area (Å²) in [7, 11) is 0. The Balaban J connectivity index is 0.964. The third kappa shape index (κ3) is 4.96. The van der Waals surface area contributed by atoms with Crippen LogP contribution in [-0.4, -0.2) is 69.0 Å². The van der Waals surface area contributed by atoms with Crippen molar-refractivity contribution in [2.75, 3.05) is 54.8 Å². The molecule has 0 saturated carbocycles. The highest BCUT2D eigenvalue weighted by Gasteiger charge is 2.40. The van der Waals surface area contributed by atoms with Gasteiger partial charge >= 0.3 is 0 Å². The molecule has 3 saturated heterocycles. The normalized spacial score (nSPS) is 18.5. The van der Waals surface area contributed by atoms with Crippen LogP contribution in [0, 0.1) is 5.41 Å². The first-order valence-electron chi connectivity index (χ1n) is 15.5. The number of piperidine rings is 2. The maximum Gasteiger partial charge on any atom is 0.225 e. The third-order valence-corrected chi connectivity index (χ3v) is 9.53. The highest BCUT2D eigenvalue weighted by Crippen LogP contribution is 2.37. The second kappa shape index (κ2) is 11.1. The average molecular weight is 589 g/mol. The summed E-state index contributed by atoms with van der Waals surface area (Å²) >= 11 is 0. The Bertz CT molecular complexity index is 1730. The molecule has 11 nitrogen and oxygen atoms in total. The minimum atomic E-state index is 0.194. The zero-order valence-electron chi connectivity index (χ0n) is 24.6. The predicted molar refractivity (Wildman–Crippen MR) is 171 cm³/mol. The van der Waals surface area contributed by atoms with Crippen LogP contribution in [0.25, 0.3) is 22.3 Å². The van der Waals surface area contributed by atoms with E-state index >= 15 is 0 Å². The van der Waals surface area contributed by atoms with Gasteiger partial charge in [-0.3, -0.25) is 0 Å². The van der Waals surface area contributed by atoms with Crippen LogP contribution in [0.2, 0.25) is 0 Å². The summed E-state index contributed by atoms with van der Waals surface area (Å²) in [4.78, 5) is 23.1. The number of aromatic nitrogens is 6. The smallest absolute Gasteiger partial charge is 0.225 e. The first-order chi connectivity index (χ1) is 21.6. The fraction of sp³-hybridized carbons (Fsp3) is 0.364. The summed E-state index contributed by atoms with van der Waals surface area (Å²) < 4.78 is 8.04. The molecule has 0 unspecified atom stereocenters. The summed E-state index contributed by atoms with van der Waals surface area (Å²) in [5.74, 6) is 2.83. The number of ether oxygens (including phenoxy) is 1. The number of hydrogen-bond acceptors (Lipinski definition) is 10. The summed E-state index contributed by atoms with van der Waals surface area (Å²) in [5, 5.41) is 9.30. The number of nitrogens with one attached hydrogen (secondary N) is 1. The molecule has 3 aliphatic heterocycles. The molecule has 0 bridgehead atoms. The van der Waals surface area contributed by atoms with Crippen molar-refractivity contribution in [2.45, 2.75) is 31.7 Å². The Morgan fingerprint density at radius 3 is 2.18 bits per heavy atom. The number of nitrogens with zero attached hydrogens (tertiary/aromatic N) is 8. The second-order valence-corrected chi connectivity index (χ2v) is 12.2. The third-order valence-electron chi connectivity index (χ3n) is 9.53. The SMILES string of the molecule is Nc1ncnc2c1c(-c1ccc(Oc3ccccc3)cc1)nn2C1CCN(c2cnc(N3CCC4(CC3)CNC4)nc2)CC1. The molecule has 44 heavy (non-hydrogen) atoms. The Kier molecular flexibility index (Phi) is 6.74. The number of nitrogen functional groups attached to an aromatic ring is 1. The van der Waals surface area contributed by atoms with Crippen LogP contribution in [0.3, 0.4) is 0 Å². The van der Waals surface area contributed by atoms with Crippen molar-refractivity contribution >= 4 is 28.5 Å². The van der Waals surface area contributed by atoms with Gasteiger partial charge in [-0.05, 0) is 67.5 Å². The molecule has 6 heterocycles. The number of fused-ring (bicyclic) bond motifs is 1. The maximum atomic E-state index is 6.40. The zero-order valence-corrected chi connectivity index (χ0v) is 24.6. The Labute approximate surface area is 256 Å². The van der Waals surface area contributed by atoms with E-state index in [-0.39, 0.29) is 6.04 Å². The molecule has 0 atom stereocenters. The molecule has 5 aromatic rings. The van der Waals surface area contributed by atoms with Crippen LogP contribution in [0.5, 0.6) is 11.5 Å². The van der Waals surface area contributed by atoms with E-state index in [0.717, 1.165) is 97.5 Å². The van der Waals surface area contributed by atoms with Crippen LogP contribution in [-0.2, 0) is 0 Å². The average Bonchev–Trinajstić information content (AvgIpc) is 3.46. The van der Waals surface area contributed by atoms with Crippen LogP contribution in [0.15, 0.2) is 73.3 Å². The van der Waals surface area contributed by atoms with Gasteiger partial charge < -0.3 is 25.6 Å². The molecule has 0 radical (unpaired) electrons. The van der Waals surface area contributed by atoms with Gasteiger partial charge in [0.05, 0.1) is 29.5 Å². The topological polar surface area (TPSA) is 123 Å². The zero-order chi connectivity index (χ0) is 29.5. The Morgan fingerprint density at radius 1 is 0.795 bits per heavy atom. The van der Waals surface area contributed by atoms with Gasteiger partial charge in [-0.15, -0.1) is 0 Å². The highest BCUT2D eigenvalue weighted by molar-refractivity contribution is 5.98. The standard InChI is InChI=1S/C33H36N10O/c34-30-28-29(23-6-8-27(9-7-23)44-26-4-2-1-3-5-26)40-43(31(28)39-22-38-30)24-10-14-41(15-11-24)25-18-36-32(37-19-25)42-16-12-33(13-17-42)20-35-21-33/h1-9,18-19,22,24,35H,10-17,20-21H2,(H2,34,38,39). The van der Waals surface area contributed by atoms with Gasteiger partial charge in [-0.2, -0.15) is 5.10 Å². The minimum absolute atomic E-state index is 0.194. The van der Waals surface area contributed by atoms with Crippen LogP contribution in [0.1, 0.15) is 31.7 Å². The summed E-state index contributed by atoms with van der Waals surface area (Å²) in [6.45, 7) is 6.15. The van der Waals surface area contributed by atoms with Gasteiger partial charge in [0.15, 0.2) is 5.65 Å². The second-order valence-electron chi connectivity index (χ2n) is 12.2. The largest absolute Gasteiger partial charge is 0.457 e. The maximum absolute atomic E-state index is 6.40. The molecule has 3 fully saturated rings. The number of hydrogen-bond donors (Lipinski definition) is 2. The lowest BCUT2D eigenvalue weighted by Gasteiger charge is -2.48. The van der Waals surface area contributed by atoms with E-state index in [1.807, 2.05) is 67.0 Å². The van der Waals surface area contributed by atoms with Crippen LogP contribution >= 0.6 is 0 Å². The molecule has 0 amide bonds. The number of para-hydroxylation sites is 1. The lowest BCUT2D eigenvalue weighted by atomic mass is 9.73.